The van der Waals surface area contributed by atoms with Crippen molar-refractivity contribution in [2.24, 2.45) is 0 Å². The second-order valence-electron chi connectivity index (χ2n) is 5.05. The van der Waals surface area contributed by atoms with Gasteiger partial charge in [-0.2, -0.15) is 0 Å². The molecule has 1 aromatic carbocycles. The standard InChI is InChI=1S/C14H19N3O/c1-9-16-12-8-14(18-2)11(15)7-13(12)17(9)10-5-3-4-6-10/h7-8,10H,3-6,15H2,1-2H3. The number of fused-ring (bicyclic) bond motifs is 1. The highest BCUT2D eigenvalue weighted by Gasteiger charge is 2.21. The van der Waals surface area contributed by atoms with E-state index in [2.05, 4.69) is 16.5 Å². The number of hydrogen-bond donors (Lipinski definition) is 1. The van der Waals surface area contributed by atoms with Gasteiger partial charge in [0.2, 0.25) is 0 Å². The first-order chi connectivity index (χ1) is 8.70. The minimum absolute atomic E-state index is 0.586. The molecule has 0 spiro atoms. The van der Waals surface area contributed by atoms with E-state index in [9.17, 15) is 0 Å². The predicted octanol–water partition coefficient (Wildman–Crippen LogP) is 3.05. The highest BCUT2D eigenvalue weighted by Crippen LogP contribution is 2.35. The number of hydrogen-bond acceptors (Lipinski definition) is 3. The van der Waals surface area contributed by atoms with E-state index in [1.54, 1.807) is 7.11 Å². The topological polar surface area (TPSA) is 53.1 Å². The molecule has 0 aliphatic heterocycles. The zero-order valence-electron chi connectivity index (χ0n) is 10.9. The Hall–Kier alpha value is -1.71. The average Bonchev–Trinajstić information content (AvgIpc) is 2.94. The van der Waals surface area contributed by atoms with Crippen LogP contribution in [0.1, 0.15) is 37.5 Å². The van der Waals surface area contributed by atoms with E-state index in [0.717, 1.165) is 16.9 Å². The summed E-state index contributed by atoms with van der Waals surface area (Å²) in [6.45, 7) is 2.07. The summed E-state index contributed by atoms with van der Waals surface area (Å²) in [6, 6.07) is 4.51. The molecule has 1 saturated carbocycles. The molecule has 2 N–H and O–H groups in total. The largest absolute Gasteiger partial charge is 0.495 e. The van der Waals surface area contributed by atoms with Crippen LogP contribution >= 0.6 is 0 Å². The predicted molar refractivity (Wildman–Crippen MR) is 72.9 cm³/mol. The van der Waals surface area contributed by atoms with Gasteiger partial charge >= 0.3 is 0 Å². The van der Waals surface area contributed by atoms with Gasteiger partial charge in [0.05, 0.1) is 23.8 Å². The summed E-state index contributed by atoms with van der Waals surface area (Å²) in [6.07, 6.45) is 5.13. The molecule has 0 bridgehead atoms. The second-order valence-corrected chi connectivity index (χ2v) is 5.05. The summed E-state index contributed by atoms with van der Waals surface area (Å²) in [7, 11) is 1.64. The van der Waals surface area contributed by atoms with E-state index in [4.69, 9.17) is 10.5 Å². The molecule has 0 atom stereocenters. The van der Waals surface area contributed by atoms with Crippen LogP contribution in [-0.4, -0.2) is 16.7 Å². The van der Waals surface area contributed by atoms with Crippen molar-refractivity contribution >= 4 is 16.7 Å². The lowest BCUT2D eigenvalue weighted by molar-refractivity contribution is 0.417. The van der Waals surface area contributed by atoms with E-state index in [1.165, 1.54) is 25.7 Å². The van der Waals surface area contributed by atoms with Gasteiger partial charge in [0.25, 0.3) is 0 Å². The molecule has 1 heterocycles. The summed E-state index contributed by atoms with van der Waals surface area (Å²) in [5, 5.41) is 0. The Bertz CT molecular complexity index is 582. The third-order valence-corrected chi connectivity index (χ3v) is 3.91. The van der Waals surface area contributed by atoms with Gasteiger partial charge in [-0.15, -0.1) is 0 Å². The summed E-state index contributed by atoms with van der Waals surface area (Å²) < 4.78 is 7.60. The highest BCUT2D eigenvalue weighted by molar-refractivity contribution is 5.83. The number of ether oxygens (including phenoxy) is 1. The monoisotopic (exact) mass is 245 g/mol. The molecule has 3 rings (SSSR count). The fraction of sp³-hybridized carbons (Fsp3) is 0.500. The van der Waals surface area contributed by atoms with Gasteiger partial charge < -0.3 is 15.0 Å². The molecule has 0 saturated heterocycles. The lowest BCUT2D eigenvalue weighted by Gasteiger charge is -2.15. The third kappa shape index (κ3) is 1.64. The number of imidazole rings is 1. The number of aromatic nitrogens is 2. The van der Waals surface area contributed by atoms with Gasteiger partial charge in [0, 0.05) is 12.1 Å². The van der Waals surface area contributed by atoms with Gasteiger partial charge in [-0.3, -0.25) is 0 Å². The smallest absolute Gasteiger partial charge is 0.144 e. The van der Waals surface area contributed by atoms with Crippen molar-refractivity contribution in [2.45, 2.75) is 38.6 Å². The lowest BCUT2D eigenvalue weighted by atomic mass is 10.2. The maximum atomic E-state index is 6.01. The molecule has 2 aromatic rings. The van der Waals surface area contributed by atoms with Crippen LogP contribution in [0.25, 0.3) is 11.0 Å². The fourth-order valence-electron chi connectivity index (χ4n) is 3.06. The first-order valence-corrected chi connectivity index (χ1v) is 6.52. The molecule has 96 valence electrons. The van der Waals surface area contributed by atoms with E-state index < -0.39 is 0 Å². The van der Waals surface area contributed by atoms with Crippen LogP contribution in [0.5, 0.6) is 5.75 Å². The zero-order valence-corrected chi connectivity index (χ0v) is 10.9. The van der Waals surface area contributed by atoms with Crippen molar-refractivity contribution in [2.75, 3.05) is 12.8 Å². The molecular weight excluding hydrogens is 226 g/mol. The molecule has 1 fully saturated rings. The number of methoxy groups -OCH3 is 1. The lowest BCUT2D eigenvalue weighted by Crippen LogP contribution is -2.06. The van der Waals surface area contributed by atoms with Crippen molar-refractivity contribution in [3.63, 3.8) is 0 Å². The van der Waals surface area contributed by atoms with Crippen molar-refractivity contribution in [1.82, 2.24) is 9.55 Å². The fourth-order valence-corrected chi connectivity index (χ4v) is 3.06. The van der Waals surface area contributed by atoms with Crippen LogP contribution in [0, 0.1) is 6.92 Å². The molecule has 1 aliphatic carbocycles. The summed E-state index contributed by atoms with van der Waals surface area (Å²) >= 11 is 0. The Morgan fingerprint density at radius 3 is 2.72 bits per heavy atom. The van der Waals surface area contributed by atoms with Crippen LogP contribution in [0.4, 0.5) is 5.69 Å². The SMILES string of the molecule is COc1cc2nc(C)n(C3CCCC3)c2cc1N. The minimum atomic E-state index is 0.586. The van der Waals surface area contributed by atoms with E-state index >= 15 is 0 Å². The molecule has 0 unspecified atom stereocenters. The summed E-state index contributed by atoms with van der Waals surface area (Å²) in [5.41, 5.74) is 8.81. The maximum Gasteiger partial charge on any atom is 0.144 e. The molecule has 0 radical (unpaired) electrons. The van der Waals surface area contributed by atoms with Gasteiger partial charge in [-0.25, -0.2) is 4.98 Å². The van der Waals surface area contributed by atoms with Crippen molar-refractivity contribution < 1.29 is 4.74 Å². The van der Waals surface area contributed by atoms with Gasteiger partial charge in [0.15, 0.2) is 0 Å². The Balaban J connectivity index is 2.19. The van der Waals surface area contributed by atoms with Crippen molar-refractivity contribution in [3.05, 3.63) is 18.0 Å². The summed E-state index contributed by atoms with van der Waals surface area (Å²) in [5.74, 6) is 1.78. The number of rotatable bonds is 2. The van der Waals surface area contributed by atoms with Gasteiger partial charge in [-0.1, -0.05) is 12.8 Å². The molecule has 0 amide bonds. The van der Waals surface area contributed by atoms with Crippen molar-refractivity contribution in [3.8, 4) is 5.75 Å². The van der Waals surface area contributed by atoms with Gasteiger partial charge in [-0.05, 0) is 25.8 Å². The van der Waals surface area contributed by atoms with E-state index in [-0.39, 0.29) is 0 Å². The highest BCUT2D eigenvalue weighted by atomic mass is 16.5. The average molecular weight is 245 g/mol. The second kappa shape index (κ2) is 4.19. The Labute approximate surface area is 107 Å². The molecule has 1 aliphatic rings. The van der Waals surface area contributed by atoms with E-state index in [0.29, 0.717) is 17.5 Å². The molecule has 4 nitrogen and oxygen atoms in total. The van der Waals surface area contributed by atoms with Crippen LogP contribution < -0.4 is 10.5 Å². The zero-order chi connectivity index (χ0) is 12.7. The number of benzene rings is 1. The van der Waals surface area contributed by atoms with Crippen LogP contribution in [-0.2, 0) is 0 Å². The number of nitrogens with two attached hydrogens (primary N) is 1. The third-order valence-electron chi connectivity index (χ3n) is 3.91. The van der Waals surface area contributed by atoms with Crippen LogP contribution in [0.15, 0.2) is 12.1 Å². The van der Waals surface area contributed by atoms with Gasteiger partial charge in [0.1, 0.15) is 11.6 Å². The Kier molecular flexibility index (Phi) is 2.65. The van der Waals surface area contributed by atoms with Crippen molar-refractivity contribution in [1.29, 1.82) is 0 Å². The Morgan fingerprint density at radius 2 is 2.06 bits per heavy atom. The quantitative estimate of drug-likeness (QED) is 0.827. The van der Waals surface area contributed by atoms with Crippen LogP contribution in [0.3, 0.4) is 0 Å². The molecule has 18 heavy (non-hydrogen) atoms. The minimum Gasteiger partial charge on any atom is -0.495 e. The summed E-state index contributed by atoms with van der Waals surface area (Å²) in [4.78, 5) is 4.63. The number of nitrogens with zero attached hydrogens (tertiary/aromatic N) is 2. The normalized spacial score (nSPS) is 16.6. The molecule has 4 heteroatoms. The van der Waals surface area contributed by atoms with Crippen LogP contribution in [0.2, 0.25) is 0 Å². The van der Waals surface area contributed by atoms with E-state index in [1.807, 2.05) is 12.1 Å². The molecular formula is C14H19N3O. The number of aryl methyl sites for hydroxylation is 1. The Morgan fingerprint density at radius 1 is 1.33 bits per heavy atom. The first-order valence-electron chi connectivity index (χ1n) is 6.52. The first kappa shape index (κ1) is 11.4. The molecule has 1 aromatic heterocycles. The number of nitrogen functional groups attached to an aromatic ring is 1. The maximum absolute atomic E-state index is 6.01. The number of anilines is 1.